The Morgan fingerprint density at radius 1 is 0.152 bits per heavy atom. The molecule has 0 aliphatic rings. The zero-order valence-electron chi connectivity index (χ0n) is 73.3. The smallest absolute Gasteiger partial charge is 0.335 e. The third-order valence-electron chi connectivity index (χ3n) is 21.6. The lowest BCUT2D eigenvalue weighted by Gasteiger charge is -2.12. The Bertz CT molecular complexity index is 7770. The first-order valence-electron chi connectivity index (χ1n) is 43.1. The molecule has 17 aromatic carbocycles. The molecule has 0 fully saturated rings. The lowest BCUT2D eigenvalue weighted by molar-refractivity contribution is -0.121. The summed E-state index contributed by atoms with van der Waals surface area (Å²) >= 11 is 0. The topological polar surface area (TPSA) is 202 Å². The molecule has 0 atom stereocenters. The molecule has 0 spiro atoms. The van der Waals surface area contributed by atoms with Gasteiger partial charge >= 0.3 is 23.9 Å². The molecule has 0 bridgehead atoms. The van der Waals surface area contributed by atoms with Gasteiger partial charge in [-0.2, -0.15) is 0 Å². The molecule has 17 rings (SSSR count). The second-order valence-electron chi connectivity index (χ2n) is 31.1. The molecule has 0 saturated heterocycles. The normalized spacial score (nSPS) is 9.94. The van der Waals surface area contributed by atoms with E-state index in [9.17, 15) is 28.8 Å². The van der Waals surface area contributed by atoms with E-state index in [1.54, 1.807) is 146 Å². The summed E-state index contributed by atoms with van der Waals surface area (Å²) in [6, 6.07) is 125. The first kappa shape index (κ1) is 90.9. The van der Waals surface area contributed by atoms with Gasteiger partial charge in [-0.25, -0.2) is 19.2 Å². The molecule has 138 heavy (non-hydrogen) atoms. The van der Waals surface area contributed by atoms with Crippen LogP contribution in [0, 0.1) is 107 Å². The van der Waals surface area contributed by atoms with Crippen LogP contribution in [0.5, 0.6) is 11.5 Å². The number of benzene rings is 17. The van der Waals surface area contributed by atoms with E-state index in [2.05, 4.69) is 191 Å². The van der Waals surface area contributed by atoms with Crippen LogP contribution < -0.4 is 9.47 Å². The number of hydrogen-bond acceptors (Lipinski definition) is 8. The van der Waals surface area contributed by atoms with E-state index in [1.807, 2.05) is 170 Å². The van der Waals surface area contributed by atoms with Crippen LogP contribution in [0.4, 0.5) is 0 Å². The Kier molecular flexibility index (Phi) is 29.2. The number of hydrogen-bond donors (Lipinski definition) is 4. The molecule has 17 aromatic rings. The maximum Gasteiger partial charge on any atom is 0.335 e. The molecule has 0 unspecified atom stereocenters. The van der Waals surface area contributed by atoms with Crippen molar-refractivity contribution < 1.29 is 58.7 Å². The monoisotopic (exact) mass is 1780 g/mol. The van der Waals surface area contributed by atoms with Crippen molar-refractivity contribution >= 4 is 36.8 Å². The van der Waals surface area contributed by atoms with Crippen LogP contribution in [0.2, 0.25) is 0 Å². The Hall–Kier alpha value is -20.4. The van der Waals surface area contributed by atoms with Gasteiger partial charge < -0.3 is 29.9 Å². The van der Waals surface area contributed by atoms with Crippen LogP contribution in [-0.4, -0.2) is 57.2 Å². The first-order chi connectivity index (χ1) is 67.4. The van der Waals surface area contributed by atoms with Gasteiger partial charge in [-0.05, 0) is 394 Å². The third-order valence-corrected chi connectivity index (χ3v) is 21.6. The van der Waals surface area contributed by atoms with Crippen molar-refractivity contribution in [3.63, 3.8) is 0 Å². The van der Waals surface area contributed by atoms with E-state index in [0.717, 1.165) is 167 Å². The standard InChI is InChI=1S/C75H42O6.C51H30O6/c76-52-81-73-47-35-64(36-48-73)24-18-58-11-9-55(10-12-58)15-21-61-29-41-67(42-30-61)72-50-70(65-37-25-59(26-38-65)19-13-53-1-5-56(6-2-53)16-22-62-31-43-68(44-32-62)74(77)78)49-71(51-72)66-39-27-60(28-40-66)20-14-54-3-7-57(8-4-54)17-23-63-33-45-69(46-34-63)75(79)80;52-34-57-49-29-17-40(18-30-49)6-5-37-11-23-43(24-12-37)48-32-46(41-19-7-35(8-20-41)1-3-38-13-25-44(26-14-38)50(53)54)31-47(33-48)42-21-9-36(10-22-42)2-4-39-15-27-45(28-16-39)51(55)56/h1-12,25-52H,(H,77,78)(H,79,80);7-34H,(H,53,54)(H,55,56). The van der Waals surface area contributed by atoms with Gasteiger partial charge in [0.25, 0.3) is 12.9 Å². The summed E-state index contributed by atoms with van der Waals surface area (Å²) in [6.07, 6.45) is 0. The highest BCUT2D eigenvalue weighted by atomic mass is 16.5. The number of aromatic carboxylic acids is 4. The summed E-state index contributed by atoms with van der Waals surface area (Å²) in [6.45, 7) is 0.791. The average molecular weight is 1780 g/mol. The fourth-order valence-corrected chi connectivity index (χ4v) is 14.1. The molecular weight excluding hydrogens is 1710 g/mol. The van der Waals surface area contributed by atoms with E-state index in [0.29, 0.717) is 24.4 Å². The number of carboxylic acid groups (broad SMARTS) is 4. The van der Waals surface area contributed by atoms with Crippen molar-refractivity contribution in [1.82, 2.24) is 0 Å². The molecular formula is C126H72O12. The number of carboxylic acids is 4. The third kappa shape index (κ3) is 25.4. The molecule has 0 saturated carbocycles. The number of ether oxygens (including phenoxy) is 2. The van der Waals surface area contributed by atoms with E-state index in [-0.39, 0.29) is 22.3 Å². The zero-order valence-corrected chi connectivity index (χ0v) is 73.3. The van der Waals surface area contributed by atoms with Crippen molar-refractivity contribution in [3.8, 4) is 185 Å². The summed E-state index contributed by atoms with van der Waals surface area (Å²) in [5, 5.41) is 36.7. The number of carbonyl (C=O) groups excluding carboxylic acids is 2. The van der Waals surface area contributed by atoms with Gasteiger partial charge in [0.1, 0.15) is 11.5 Å². The molecule has 648 valence electrons. The summed E-state index contributed by atoms with van der Waals surface area (Å²) < 4.78 is 9.72. The molecule has 0 radical (unpaired) electrons. The van der Waals surface area contributed by atoms with Crippen molar-refractivity contribution in [2.24, 2.45) is 0 Å². The second kappa shape index (κ2) is 44.3. The largest absolute Gasteiger partial charge is 0.478 e. The Labute approximate surface area is 797 Å². The summed E-state index contributed by atoms with van der Waals surface area (Å²) in [5.41, 5.74) is 28.0. The highest BCUT2D eigenvalue weighted by Gasteiger charge is 2.14. The minimum atomic E-state index is -0.975. The Balaban J connectivity index is 0.000000212. The molecule has 0 aromatic heterocycles. The average Bonchev–Trinajstić information content (AvgIpc) is 0.798. The lowest BCUT2D eigenvalue weighted by Crippen LogP contribution is -1.94. The summed E-state index contributed by atoms with van der Waals surface area (Å²) in [5.74, 6) is 54.4. The Morgan fingerprint density at radius 3 is 0.362 bits per heavy atom. The highest BCUT2D eigenvalue weighted by Crippen LogP contribution is 2.37. The van der Waals surface area contributed by atoms with E-state index in [4.69, 9.17) is 29.9 Å². The molecule has 0 amide bonds. The van der Waals surface area contributed by atoms with Crippen LogP contribution in [0.1, 0.15) is 142 Å². The summed E-state index contributed by atoms with van der Waals surface area (Å²) in [4.78, 5) is 65.9. The van der Waals surface area contributed by atoms with Gasteiger partial charge in [0, 0.05) is 100 Å². The van der Waals surface area contributed by atoms with Crippen molar-refractivity contribution in [2.45, 2.75) is 0 Å². The van der Waals surface area contributed by atoms with E-state index in [1.165, 1.54) is 0 Å². The fourth-order valence-electron chi connectivity index (χ4n) is 14.1. The second-order valence-corrected chi connectivity index (χ2v) is 31.1. The molecule has 4 N–H and O–H groups in total. The van der Waals surface area contributed by atoms with Crippen LogP contribution in [-0.2, 0) is 9.59 Å². The van der Waals surface area contributed by atoms with Crippen LogP contribution in [0.25, 0.3) is 66.8 Å². The maximum absolute atomic E-state index is 11.2. The van der Waals surface area contributed by atoms with Crippen LogP contribution >= 0.6 is 0 Å². The van der Waals surface area contributed by atoms with Gasteiger partial charge in [0.15, 0.2) is 0 Å². The van der Waals surface area contributed by atoms with E-state index < -0.39 is 23.9 Å². The van der Waals surface area contributed by atoms with Gasteiger partial charge in [0.05, 0.1) is 22.3 Å². The zero-order chi connectivity index (χ0) is 95.3. The first-order valence-corrected chi connectivity index (χ1v) is 43.1. The molecule has 0 heterocycles. The van der Waals surface area contributed by atoms with Gasteiger partial charge in [-0.1, -0.05) is 179 Å². The number of carbonyl (C=O) groups is 6. The fraction of sp³-hybridized carbons (Fsp3) is 0. The Morgan fingerprint density at radius 2 is 0.254 bits per heavy atom. The quantitative estimate of drug-likeness (QED) is 0.0594. The molecule has 0 aliphatic carbocycles. The van der Waals surface area contributed by atoms with Gasteiger partial charge in [0.2, 0.25) is 0 Å². The minimum absolute atomic E-state index is 0.217. The van der Waals surface area contributed by atoms with Crippen molar-refractivity contribution in [1.29, 1.82) is 0 Å². The lowest BCUT2D eigenvalue weighted by atomic mass is 9.92. The van der Waals surface area contributed by atoms with Crippen LogP contribution in [0.3, 0.4) is 0 Å². The van der Waals surface area contributed by atoms with Gasteiger partial charge in [-0.15, -0.1) is 0 Å². The van der Waals surface area contributed by atoms with E-state index >= 15 is 0 Å². The van der Waals surface area contributed by atoms with Crippen molar-refractivity contribution in [2.75, 3.05) is 0 Å². The molecule has 12 heteroatoms. The predicted molar refractivity (Wildman–Crippen MR) is 539 cm³/mol. The highest BCUT2D eigenvalue weighted by molar-refractivity contribution is 5.90. The van der Waals surface area contributed by atoms with Gasteiger partial charge in [-0.3, -0.25) is 9.59 Å². The van der Waals surface area contributed by atoms with Crippen molar-refractivity contribution in [3.05, 3.63) is 523 Å². The maximum atomic E-state index is 11.2. The SMILES string of the molecule is O=COc1ccc(C#Cc2ccc(-c3cc(-c4ccc(C#Cc5ccc(C(=O)O)cc5)cc4)cc(-c4ccc(C#Cc5ccc(C(=O)O)cc5)cc4)c3)cc2)cc1.O=COc1ccc(C#Cc2ccc(C#Cc3ccc(-c4cc(-c5ccc(C#Cc6ccc(C#Cc7ccc(C(=O)O)cc7)cc6)cc5)cc(-c5ccc(C#Cc6ccc(C#Cc7ccc(C(=O)O)cc7)cc6)cc5)c4)cc3)cc2)cc1. The predicted octanol–water partition coefficient (Wildman–Crippen LogP) is 23.8. The molecule has 12 nitrogen and oxygen atoms in total. The van der Waals surface area contributed by atoms with Crippen LogP contribution in [0.15, 0.2) is 400 Å². The number of rotatable bonds is 14. The molecule has 0 aliphatic heterocycles. The summed E-state index contributed by atoms with van der Waals surface area (Å²) in [7, 11) is 0. The minimum Gasteiger partial charge on any atom is -0.478 e.